The average Bonchev–Trinajstić information content (AvgIpc) is 2.52. The maximum atomic E-state index is 5.80. The zero-order valence-electron chi connectivity index (χ0n) is 13.9. The van der Waals surface area contributed by atoms with E-state index in [0.29, 0.717) is 12.0 Å². The van der Waals surface area contributed by atoms with Crippen molar-refractivity contribution < 1.29 is 4.74 Å². The number of hydrogen-bond acceptors (Lipinski definition) is 2. The summed E-state index contributed by atoms with van der Waals surface area (Å²) in [6.45, 7) is 5.47. The summed E-state index contributed by atoms with van der Waals surface area (Å²) in [4.78, 5) is 0. The quantitative estimate of drug-likeness (QED) is 0.746. The number of fused-ring (bicyclic) bond motifs is 1. The van der Waals surface area contributed by atoms with Crippen molar-refractivity contribution in [3.05, 3.63) is 29.8 Å². The fourth-order valence-electron chi connectivity index (χ4n) is 3.80. The number of para-hydroxylation sites is 1. The van der Waals surface area contributed by atoms with Gasteiger partial charge in [-0.15, -0.1) is 0 Å². The van der Waals surface area contributed by atoms with Crippen LogP contribution in [-0.2, 0) is 0 Å². The SMILES string of the molecule is CCCC(CCC)C(CC1CCOc2ccccc21)NC. The number of rotatable bonds is 8. The molecule has 118 valence electrons. The predicted molar refractivity (Wildman–Crippen MR) is 90.1 cm³/mol. The van der Waals surface area contributed by atoms with Crippen LogP contribution in [0, 0.1) is 5.92 Å². The largest absolute Gasteiger partial charge is 0.493 e. The summed E-state index contributed by atoms with van der Waals surface area (Å²) < 4.78 is 5.80. The first-order valence-electron chi connectivity index (χ1n) is 8.69. The molecule has 2 heteroatoms. The van der Waals surface area contributed by atoms with E-state index in [0.717, 1.165) is 24.7 Å². The molecule has 1 heterocycles. The van der Waals surface area contributed by atoms with Crippen molar-refractivity contribution in [2.45, 2.75) is 64.3 Å². The first kappa shape index (κ1) is 16.4. The standard InChI is InChI=1S/C19H31NO/c1-4-8-15(9-5-2)18(20-3)14-16-12-13-21-19-11-7-6-10-17(16)19/h6-7,10-11,15-16,18,20H,4-5,8-9,12-14H2,1-3H3. The molecule has 0 radical (unpaired) electrons. The lowest BCUT2D eigenvalue weighted by molar-refractivity contribution is 0.235. The number of nitrogens with one attached hydrogen (secondary N) is 1. The Balaban J connectivity index is 2.08. The Morgan fingerprint density at radius 3 is 2.57 bits per heavy atom. The van der Waals surface area contributed by atoms with E-state index in [1.807, 2.05) is 0 Å². The minimum absolute atomic E-state index is 0.626. The van der Waals surface area contributed by atoms with Gasteiger partial charge in [0, 0.05) is 6.04 Å². The minimum Gasteiger partial charge on any atom is -0.493 e. The van der Waals surface area contributed by atoms with E-state index in [9.17, 15) is 0 Å². The molecule has 1 N–H and O–H groups in total. The molecular formula is C19H31NO. The normalized spacial score (nSPS) is 19.1. The summed E-state index contributed by atoms with van der Waals surface area (Å²) in [5.41, 5.74) is 1.41. The van der Waals surface area contributed by atoms with Gasteiger partial charge >= 0.3 is 0 Å². The highest BCUT2D eigenvalue weighted by Crippen LogP contribution is 2.37. The molecule has 1 aliphatic heterocycles. The Labute approximate surface area is 130 Å². The van der Waals surface area contributed by atoms with E-state index in [1.165, 1.54) is 37.7 Å². The first-order chi connectivity index (χ1) is 10.3. The molecule has 0 aromatic heterocycles. The molecule has 0 saturated heterocycles. The molecular weight excluding hydrogens is 258 g/mol. The monoisotopic (exact) mass is 289 g/mol. The second kappa shape index (κ2) is 8.43. The minimum atomic E-state index is 0.626. The molecule has 0 fully saturated rings. The molecule has 1 aliphatic rings. The molecule has 0 saturated carbocycles. The average molecular weight is 289 g/mol. The van der Waals surface area contributed by atoms with Crippen molar-refractivity contribution >= 4 is 0 Å². The Morgan fingerprint density at radius 2 is 1.90 bits per heavy atom. The van der Waals surface area contributed by atoms with Crippen molar-refractivity contribution in [3.63, 3.8) is 0 Å². The highest BCUT2D eigenvalue weighted by atomic mass is 16.5. The summed E-state index contributed by atoms with van der Waals surface area (Å²) in [7, 11) is 2.13. The highest BCUT2D eigenvalue weighted by molar-refractivity contribution is 5.37. The van der Waals surface area contributed by atoms with E-state index in [-0.39, 0.29) is 0 Å². The van der Waals surface area contributed by atoms with Crippen LogP contribution in [0.15, 0.2) is 24.3 Å². The van der Waals surface area contributed by atoms with Gasteiger partial charge < -0.3 is 10.1 Å². The highest BCUT2D eigenvalue weighted by Gasteiger charge is 2.27. The molecule has 2 atom stereocenters. The summed E-state index contributed by atoms with van der Waals surface area (Å²) in [5.74, 6) is 2.55. The van der Waals surface area contributed by atoms with Gasteiger partial charge in [0.15, 0.2) is 0 Å². The lowest BCUT2D eigenvalue weighted by Gasteiger charge is -2.33. The molecule has 0 spiro atoms. The number of ether oxygens (including phenoxy) is 1. The molecule has 2 rings (SSSR count). The van der Waals surface area contributed by atoms with Gasteiger partial charge in [0.1, 0.15) is 5.75 Å². The van der Waals surface area contributed by atoms with E-state index < -0.39 is 0 Å². The predicted octanol–water partition coefficient (Wildman–Crippen LogP) is 4.75. The van der Waals surface area contributed by atoms with Gasteiger partial charge in [-0.1, -0.05) is 44.9 Å². The molecule has 1 aromatic rings. The zero-order valence-corrected chi connectivity index (χ0v) is 13.9. The fourth-order valence-corrected chi connectivity index (χ4v) is 3.80. The zero-order chi connectivity index (χ0) is 15.1. The maximum absolute atomic E-state index is 5.80. The summed E-state index contributed by atoms with van der Waals surface area (Å²) >= 11 is 0. The fraction of sp³-hybridized carbons (Fsp3) is 0.684. The topological polar surface area (TPSA) is 21.3 Å². The first-order valence-corrected chi connectivity index (χ1v) is 8.69. The molecule has 21 heavy (non-hydrogen) atoms. The summed E-state index contributed by atoms with van der Waals surface area (Å²) in [6.07, 6.45) is 7.64. The molecule has 1 aromatic carbocycles. The molecule has 2 nitrogen and oxygen atoms in total. The van der Waals surface area contributed by atoms with Crippen LogP contribution in [0.4, 0.5) is 0 Å². The van der Waals surface area contributed by atoms with Crippen molar-refractivity contribution in [1.29, 1.82) is 0 Å². The van der Waals surface area contributed by atoms with E-state index in [4.69, 9.17) is 4.74 Å². The van der Waals surface area contributed by atoms with Crippen LogP contribution in [0.3, 0.4) is 0 Å². The third-order valence-electron chi connectivity index (χ3n) is 4.88. The summed E-state index contributed by atoms with van der Waals surface area (Å²) in [5, 5.41) is 3.61. The Bertz CT molecular complexity index is 412. The van der Waals surface area contributed by atoms with Gasteiger partial charge in [0.25, 0.3) is 0 Å². The van der Waals surface area contributed by atoms with Crippen LogP contribution in [-0.4, -0.2) is 19.7 Å². The van der Waals surface area contributed by atoms with Gasteiger partial charge in [0.2, 0.25) is 0 Å². The van der Waals surface area contributed by atoms with E-state index in [2.05, 4.69) is 50.5 Å². The number of benzene rings is 1. The van der Waals surface area contributed by atoms with Crippen LogP contribution in [0.25, 0.3) is 0 Å². The van der Waals surface area contributed by atoms with Gasteiger partial charge in [-0.3, -0.25) is 0 Å². The smallest absolute Gasteiger partial charge is 0.122 e. The van der Waals surface area contributed by atoms with Gasteiger partial charge in [0.05, 0.1) is 6.61 Å². The third-order valence-corrected chi connectivity index (χ3v) is 4.88. The second-order valence-corrected chi connectivity index (χ2v) is 6.34. The van der Waals surface area contributed by atoms with Crippen molar-refractivity contribution in [1.82, 2.24) is 5.32 Å². The van der Waals surface area contributed by atoms with Crippen molar-refractivity contribution in [2.24, 2.45) is 5.92 Å². The molecule has 0 amide bonds. The van der Waals surface area contributed by atoms with E-state index >= 15 is 0 Å². The van der Waals surface area contributed by atoms with Crippen molar-refractivity contribution in [3.8, 4) is 5.75 Å². The van der Waals surface area contributed by atoms with Crippen LogP contribution >= 0.6 is 0 Å². The lowest BCUT2D eigenvalue weighted by atomic mass is 9.81. The van der Waals surface area contributed by atoms with Crippen molar-refractivity contribution in [2.75, 3.05) is 13.7 Å². The summed E-state index contributed by atoms with van der Waals surface area (Å²) in [6, 6.07) is 9.21. The van der Waals surface area contributed by atoms with Gasteiger partial charge in [-0.05, 0) is 56.2 Å². The van der Waals surface area contributed by atoms with Gasteiger partial charge in [-0.2, -0.15) is 0 Å². The second-order valence-electron chi connectivity index (χ2n) is 6.34. The Hall–Kier alpha value is -1.02. The molecule has 2 unspecified atom stereocenters. The lowest BCUT2D eigenvalue weighted by Crippen LogP contribution is -2.36. The Kier molecular flexibility index (Phi) is 6.56. The van der Waals surface area contributed by atoms with Crippen LogP contribution in [0.5, 0.6) is 5.75 Å². The maximum Gasteiger partial charge on any atom is 0.122 e. The molecule has 0 aliphatic carbocycles. The van der Waals surface area contributed by atoms with Gasteiger partial charge in [-0.25, -0.2) is 0 Å². The van der Waals surface area contributed by atoms with Crippen LogP contribution in [0.1, 0.15) is 63.9 Å². The van der Waals surface area contributed by atoms with Crippen LogP contribution < -0.4 is 10.1 Å². The van der Waals surface area contributed by atoms with Crippen LogP contribution in [0.2, 0.25) is 0 Å². The molecule has 0 bridgehead atoms. The Morgan fingerprint density at radius 1 is 1.19 bits per heavy atom. The number of hydrogen-bond donors (Lipinski definition) is 1. The third kappa shape index (κ3) is 4.23. The van der Waals surface area contributed by atoms with E-state index in [1.54, 1.807) is 0 Å².